The van der Waals surface area contributed by atoms with E-state index in [0.717, 1.165) is 57.4 Å². The molecule has 1 aliphatic rings. The highest BCUT2D eigenvalue weighted by molar-refractivity contribution is 5.80. The molecule has 0 spiro atoms. The van der Waals surface area contributed by atoms with Gasteiger partial charge < -0.3 is 24.8 Å². The highest BCUT2D eigenvalue weighted by atomic mass is 16.5. The van der Waals surface area contributed by atoms with Crippen molar-refractivity contribution in [2.45, 2.75) is 71.9 Å². The molecule has 2 N–H and O–H groups in total. The Balaban J connectivity index is 1.73. The first-order valence-electron chi connectivity index (χ1n) is 10.7. The number of aromatic nitrogens is 2. The van der Waals surface area contributed by atoms with Gasteiger partial charge in [-0.3, -0.25) is 4.99 Å². The number of hydrogen-bond acceptors (Lipinski definition) is 6. The molecule has 1 saturated heterocycles. The third-order valence-corrected chi connectivity index (χ3v) is 4.73. The van der Waals surface area contributed by atoms with Crippen molar-refractivity contribution in [2.75, 3.05) is 39.3 Å². The lowest BCUT2D eigenvalue weighted by Gasteiger charge is -2.33. The molecule has 0 amide bonds. The molecular weight excluding hydrogens is 356 g/mol. The number of hydrogen-bond donors (Lipinski definition) is 2. The number of likely N-dealkylation sites (tertiary alicyclic amines) is 1. The average molecular weight is 395 g/mol. The summed E-state index contributed by atoms with van der Waals surface area (Å²) in [6.07, 6.45) is 3.20. The molecule has 160 valence electrons. The predicted octanol–water partition coefficient (Wildman–Crippen LogP) is 2.18. The first-order valence-corrected chi connectivity index (χ1v) is 10.7. The topological polar surface area (TPSA) is 87.8 Å². The number of nitrogens with zero attached hydrogens (tertiary/aromatic N) is 4. The van der Waals surface area contributed by atoms with Crippen molar-refractivity contribution in [3.05, 3.63) is 11.7 Å². The van der Waals surface area contributed by atoms with Gasteiger partial charge in [0.25, 0.3) is 0 Å². The highest BCUT2D eigenvalue weighted by Crippen LogP contribution is 2.11. The van der Waals surface area contributed by atoms with Gasteiger partial charge in [0, 0.05) is 44.6 Å². The Morgan fingerprint density at radius 2 is 2.04 bits per heavy atom. The number of nitrogens with one attached hydrogen (secondary N) is 2. The lowest BCUT2D eigenvalue weighted by molar-refractivity contribution is 0.0532. The summed E-state index contributed by atoms with van der Waals surface area (Å²) in [5.41, 5.74) is 0. The van der Waals surface area contributed by atoms with Gasteiger partial charge in [-0.1, -0.05) is 19.0 Å². The summed E-state index contributed by atoms with van der Waals surface area (Å²) in [5.74, 6) is 2.56. The smallest absolute Gasteiger partial charge is 0.228 e. The van der Waals surface area contributed by atoms with E-state index in [1.165, 1.54) is 0 Å². The van der Waals surface area contributed by atoms with E-state index in [9.17, 15) is 0 Å². The molecule has 1 aromatic rings. The summed E-state index contributed by atoms with van der Waals surface area (Å²) >= 11 is 0. The molecule has 0 aliphatic carbocycles. The Morgan fingerprint density at radius 1 is 1.29 bits per heavy atom. The van der Waals surface area contributed by atoms with Gasteiger partial charge in [0.1, 0.15) is 0 Å². The average Bonchev–Trinajstić information content (AvgIpc) is 3.12. The number of aliphatic imine (C=N–C) groups is 1. The molecule has 2 rings (SSSR count). The van der Waals surface area contributed by atoms with Crippen LogP contribution >= 0.6 is 0 Å². The summed E-state index contributed by atoms with van der Waals surface area (Å²) in [6.45, 7) is 15.9. The third kappa shape index (κ3) is 8.14. The van der Waals surface area contributed by atoms with Crippen molar-refractivity contribution < 1.29 is 9.26 Å². The van der Waals surface area contributed by atoms with Gasteiger partial charge in [0.05, 0.1) is 19.3 Å². The summed E-state index contributed by atoms with van der Waals surface area (Å²) in [7, 11) is 0. The van der Waals surface area contributed by atoms with E-state index in [1.807, 2.05) is 0 Å². The van der Waals surface area contributed by atoms with Gasteiger partial charge in [0.2, 0.25) is 5.89 Å². The van der Waals surface area contributed by atoms with E-state index in [0.29, 0.717) is 31.0 Å². The number of guanidine groups is 1. The van der Waals surface area contributed by atoms with Gasteiger partial charge in [-0.25, -0.2) is 0 Å². The zero-order valence-electron chi connectivity index (χ0n) is 18.2. The summed E-state index contributed by atoms with van der Waals surface area (Å²) in [6, 6.07) is 0.455. The second-order valence-electron chi connectivity index (χ2n) is 7.89. The van der Waals surface area contributed by atoms with Gasteiger partial charge in [-0.05, 0) is 33.6 Å². The van der Waals surface area contributed by atoms with Crippen LogP contribution in [0.25, 0.3) is 0 Å². The molecule has 0 bridgehead atoms. The highest BCUT2D eigenvalue weighted by Gasteiger charge is 2.20. The van der Waals surface area contributed by atoms with E-state index in [4.69, 9.17) is 9.26 Å². The van der Waals surface area contributed by atoms with Crippen LogP contribution in [0.3, 0.4) is 0 Å². The van der Waals surface area contributed by atoms with Gasteiger partial charge in [0.15, 0.2) is 11.8 Å². The molecule has 8 nitrogen and oxygen atoms in total. The van der Waals surface area contributed by atoms with Crippen molar-refractivity contribution in [1.82, 2.24) is 25.7 Å². The minimum atomic E-state index is 0.280. The Hall–Kier alpha value is -1.67. The molecule has 1 aromatic heterocycles. The molecule has 8 heteroatoms. The van der Waals surface area contributed by atoms with Crippen molar-refractivity contribution in [3.8, 4) is 0 Å². The first-order chi connectivity index (χ1) is 13.5. The minimum absolute atomic E-state index is 0.280. The molecule has 0 aromatic carbocycles. The maximum Gasteiger partial charge on any atom is 0.228 e. The first kappa shape index (κ1) is 22.6. The fourth-order valence-corrected chi connectivity index (χ4v) is 3.10. The molecule has 0 atom stereocenters. The molecule has 0 unspecified atom stereocenters. The lowest BCUT2D eigenvalue weighted by atomic mass is 10.1. The Bertz CT molecular complexity index is 579. The maximum absolute atomic E-state index is 5.66. The number of rotatable bonds is 10. The number of ether oxygens (including phenoxy) is 1. The fourth-order valence-electron chi connectivity index (χ4n) is 3.10. The molecule has 1 aliphatic heterocycles. The van der Waals surface area contributed by atoms with Crippen LogP contribution in [0.4, 0.5) is 0 Å². The van der Waals surface area contributed by atoms with Crippen LogP contribution in [-0.2, 0) is 11.2 Å². The molecule has 0 saturated carbocycles. The van der Waals surface area contributed by atoms with Crippen LogP contribution < -0.4 is 10.6 Å². The van der Waals surface area contributed by atoms with Crippen molar-refractivity contribution in [1.29, 1.82) is 0 Å². The van der Waals surface area contributed by atoms with Gasteiger partial charge >= 0.3 is 0 Å². The second-order valence-corrected chi connectivity index (χ2v) is 7.89. The van der Waals surface area contributed by atoms with Crippen molar-refractivity contribution in [2.24, 2.45) is 4.99 Å². The third-order valence-electron chi connectivity index (χ3n) is 4.73. The van der Waals surface area contributed by atoms with Crippen LogP contribution in [0.5, 0.6) is 0 Å². The molecular formula is C20H38N6O2. The SMILES string of the molecule is CCNC(=NCCc1nc(C(C)C)no1)NC1CCN(CCOC(C)C)CC1. The maximum atomic E-state index is 5.66. The Labute approximate surface area is 169 Å². The lowest BCUT2D eigenvalue weighted by Crippen LogP contribution is -2.49. The Kier molecular flexibility index (Phi) is 9.70. The second kappa shape index (κ2) is 12.0. The molecule has 1 fully saturated rings. The zero-order valence-corrected chi connectivity index (χ0v) is 18.2. The normalized spacial score (nSPS) is 16.9. The van der Waals surface area contributed by atoms with Gasteiger partial charge in [-0.2, -0.15) is 4.98 Å². The van der Waals surface area contributed by atoms with E-state index in [-0.39, 0.29) is 5.92 Å². The minimum Gasteiger partial charge on any atom is -0.377 e. The molecule has 0 radical (unpaired) electrons. The monoisotopic (exact) mass is 394 g/mol. The van der Waals surface area contributed by atoms with Crippen LogP contribution in [0.2, 0.25) is 0 Å². The van der Waals surface area contributed by atoms with Crippen LogP contribution in [0.15, 0.2) is 9.52 Å². The quantitative estimate of drug-likeness (QED) is 0.464. The summed E-state index contributed by atoms with van der Waals surface area (Å²) in [4.78, 5) is 11.6. The van der Waals surface area contributed by atoms with Crippen LogP contribution in [0, 0.1) is 0 Å². The number of piperidine rings is 1. The van der Waals surface area contributed by atoms with Crippen LogP contribution in [0.1, 0.15) is 65.1 Å². The van der Waals surface area contributed by atoms with E-state index < -0.39 is 0 Å². The standard InChI is InChI=1S/C20H38N6O2/c1-6-21-20(22-10-7-18-24-19(15(2)3)25-28-18)23-17-8-11-26(12-9-17)13-14-27-16(4)5/h15-17H,6-14H2,1-5H3,(H2,21,22,23). The molecule has 2 heterocycles. The van der Waals surface area contributed by atoms with Gasteiger partial charge in [-0.15, -0.1) is 0 Å². The summed E-state index contributed by atoms with van der Waals surface area (Å²) < 4.78 is 10.9. The zero-order chi connectivity index (χ0) is 20.4. The largest absolute Gasteiger partial charge is 0.377 e. The van der Waals surface area contributed by atoms with E-state index in [1.54, 1.807) is 0 Å². The van der Waals surface area contributed by atoms with Crippen LogP contribution in [-0.4, -0.2) is 72.5 Å². The Morgan fingerprint density at radius 3 is 2.64 bits per heavy atom. The van der Waals surface area contributed by atoms with Crippen molar-refractivity contribution >= 4 is 5.96 Å². The fraction of sp³-hybridized carbons (Fsp3) is 0.850. The van der Waals surface area contributed by atoms with E-state index >= 15 is 0 Å². The summed E-state index contributed by atoms with van der Waals surface area (Å²) in [5, 5.41) is 10.9. The predicted molar refractivity (Wildman–Crippen MR) is 112 cm³/mol. The molecule has 28 heavy (non-hydrogen) atoms. The van der Waals surface area contributed by atoms with E-state index in [2.05, 4.69) is 65.3 Å². The van der Waals surface area contributed by atoms with Crippen molar-refractivity contribution in [3.63, 3.8) is 0 Å².